The van der Waals surface area contributed by atoms with Crippen molar-refractivity contribution in [1.29, 1.82) is 0 Å². The molecule has 1 aromatic carbocycles. The van der Waals surface area contributed by atoms with E-state index in [0.717, 1.165) is 11.5 Å². The monoisotopic (exact) mass is 528 g/mol. The molecule has 0 aromatic heterocycles. The van der Waals surface area contributed by atoms with Crippen LogP contribution in [0.2, 0.25) is 0 Å². The molecule has 6 nitrogen and oxygen atoms in total. The van der Waals surface area contributed by atoms with Crippen LogP contribution in [0.1, 0.15) is 102 Å². The molecule has 0 spiro atoms. The van der Waals surface area contributed by atoms with Crippen LogP contribution in [0, 0.1) is 5.92 Å². The molecule has 0 bridgehead atoms. The van der Waals surface area contributed by atoms with Gasteiger partial charge in [0.2, 0.25) is 0 Å². The van der Waals surface area contributed by atoms with Crippen LogP contribution in [0.4, 0.5) is 0 Å². The Morgan fingerprint density at radius 3 is 1.84 bits per heavy atom. The van der Waals surface area contributed by atoms with Crippen molar-refractivity contribution < 1.29 is 29.3 Å². The molecule has 1 aliphatic carbocycles. The highest BCUT2D eigenvalue weighted by atomic mass is 16.5. The molecule has 38 heavy (non-hydrogen) atoms. The molecule has 1 fully saturated rings. The van der Waals surface area contributed by atoms with Gasteiger partial charge in [-0.15, -0.1) is 0 Å². The first-order chi connectivity index (χ1) is 18.3. The van der Waals surface area contributed by atoms with Gasteiger partial charge in [0.15, 0.2) is 0 Å². The number of hydrogen-bond acceptors (Lipinski definition) is 6. The van der Waals surface area contributed by atoms with Crippen molar-refractivity contribution in [3.63, 3.8) is 0 Å². The quantitative estimate of drug-likeness (QED) is 0.143. The zero-order valence-electron chi connectivity index (χ0n) is 23.5. The Morgan fingerprint density at radius 2 is 1.37 bits per heavy atom. The summed E-state index contributed by atoms with van der Waals surface area (Å²) in [5, 5.41) is 18.4. The second-order valence-corrected chi connectivity index (χ2v) is 10.9. The number of aliphatic hydroxyl groups excluding tert-OH is 2. The van der Waals surface area contributed by atoms with Gasteiger partial charge in [0.25, 0.3) is 0 Å². The van der Waals surface area contributed by atoms with Crippen molar-refractivity contribution >= 4 is 11.9 Å². The van der Waals surface area contributed by atoms with Crippen LogP contribution in [0.25, 0.3) is 0 Å². The van der Waals surface area contributed by atoms with Crippen LogP contribution < -0.4 is 0 Å². The SMILES string of the molecule is C=C(CO)C(=O)OCC(CC)(COC(=O)C(=C)CO)c1ccc(C2CCC(CCCCCCC)CC2)cc1. The zero-order chi connectivity index (χ0) is 28.0. The van der Waals surface area contributed by atoms with Gasteiger partial charge in [-0.1, -0.05) is 89.8 Å². The van der Waals surface area contributed by atoms with E-state index in [1.165, 1.54) is 69.8 Å². The van der Waals surface area contributed by atoms with Crippen molar-refractivity contribution in [3.8, 4) is 0 Å². The van der Waals surface area contributed by atoms with Crippen LogP contribution in [0.15, 0.2) is 48.6 Å². The Bertz CT molecular complexity index is 863. The lowest BCUT2D eigenvalue weighted by Crippen LogP contribution is -2.39. The average Bonchev–Trinajstić information content (AvgIpc) is 2.96. The summed E-state index contributed by atoms with van der Waals surface area (Å²) in [7, 11) is 0. The lowest BCUT2D eigenvalue weighted by Gasteiger charge is -2.33. The summed E-state index contributed by atoms with van der Waals surface area (Å²) in [6.07, 6.45) is 13.6. The maximum absolute atomic E-state index is 12.2. The Hall–Kier alpha value is -2.44. The largest absolute Gasteiger partial charge is 0.461 e. The zero-order valence-corrected chi connectivity index (χ0v) is 23.5. The van der Waals surface area contributed by atoms with Crippen LogP contribution in [-0.2, 0) is 24.5 Å². The fourth-order valence-electron chi connectivity index (χ4n) is 5.29. The topological polar surface area (TPSA) is 93.1 Å². The fraction of sp³-hybridized carbons (Fsp3) is 0.625. The molecule has 2 rings (SSSR count). The van der Waals surface area contributed by atoms with E-state index in [2.05, 4.69) is 32.2 Å². The third-order valence-electron chi connectivity index (χ3n) is 8.15. The predicted octanol–water partition coefficient (Wildman–Crippen LogP) is 6.15. The van der Waals surface area contributed by atoms with Crippen molar-refractivity contribution in [2.75, 3.05) is 26.4 Å². The smallest absolute Gasteiger partial charge is 0.335 e. The first-order valence-electron chi connectivity index (χ1n) is 14.3. The van der Waals surface area contributed by atoms with E-state index in [-0.39, 0.29) is 24.4 Å². The van der Waals surface area contributed by atoms with E-state index >= 15 is 0 Å². The summed E-state index contributed by atoms with van der Waals surface area (Å²) in [6, 6.07) is 8.39. The number of carbonyl (C=O) groups excluding carboxylic acids is 2. The molecule has 0 unspecified atom stereocenters. The molecule has 1 aliphatic rings. The number of esters is 2. The molecule has 1 aromatic rings. The Morgan fingerprint density at radius 1 is 0.842 bits per heavy atom. The highest BCUT2D eigenvalue weighted by Crippen LogP contribution is 2.39. The summed E-state index contributed by atoms with van der Waals surface area (Å²) in [5.41, 5.74) is 1.36. The maximum Gasteiger partial charge on any atom is 0.335 e. The number of unbranched alkanes of at least 4 members (excludes halogenated alkanes) is 4. The van der Waals surface area contributed by atoms with E-state index in [4.69, 9.17) is 9.47 Å². The van der Waals surface area contributed by atoms with Crippen molar-refractivity contribution in [3.05, 3.63) is 59.7 Å². The number of carbonyl (C=O) groups is 2. The third kappa shape index (κ3) is 9.39. The minimum absolute atomic E-state index is 0.0347. The summed E-state index contributed by atoms with van der Waals surface area (Å²) >= 11 is 0. The highest BCUT2D eigenvalue weighted by molar-refractivity contribution is 5.88. The lowest BCUT2D eigenvalue weighted by atomic mass is 9.75. The van der Waals surface area contributed by atoms with Gasteiger partial charge in [0.1, 0.15) is 13.2 Å². The first-order valence-corrected chi connectivity index (χ1v) is 14.3. The predicted molar refractivity (Wildman–Crippen MR) is 151 cm³/mol. The van der Waals surface area contributed by atoms with Gasteiger partial charge in [-0.05, 0) is 55.1 Å². The summed E-state index contributed by atoms with van der Waals surface area (Å²) in [4.78, 5) is 24.4. The highest BCUT2D eigenvalue weighted by Gasteiger charge is 2.35. The standard InChI is InChI=1S/C32H48O6/c1-5-7-8-9-10-11-26-12-14-27(15-13-26)28-16-18-29(19-17-28)32(6-2,22-37-30(35)24(3)20-33)23-38-31(36)25(4)21-34/h16-19,26-27,33-34H,3-15,20-23H2,1-2H3. The van der Waals surface area contributed by atoms with E-state index in [9.17, 15) is 19.8 Å². The van der Waals surface area contributed by atoms with E-state index in [1.807, 2.05) is 19.1 Å². The second-order valence-electron chi connectivity index (χ2n) is 10.9. The Labute approximate surface area is 229 Å². The summed E-state index contributed by atoms with van der Waals surface area (Å²) in [5.74, 6) is 0.0322. The van der Waals surface area contributed by atoms with E-state index < -0.39 is 30.6 Å². The number of hydrogen-bond donors (Lipinski definition) is 2. The van der Waals surface area contributed by atoms with Crippen molar-refractivity contribution in [1.82, 2.24) is 0 Å². The van der Waals surface area contributed by atoms with Crippen molar-refractivity contribution in [2.24, 2.45) is 5.92 Å². The molecule has 0 radical (unpaired) electrons. The molecule has 0 amide bonds. The van der Waals surface area contributed by atoms with Gasteiger partial charge in [-0.25, -0.2) is 9.59 Å². The van der Waals surface area contributed by atoms with E-state index in [0.29, 0.717) is 12.3 Å². The number of benzene rings is 1. The lowest BCUT2D eigenvalue weighted by molar-refractivity contribution is -0.146. The summed E-state index contributed by atoms with van der Waals surface area (Å²) in [6.45, 7) is 10.2. The number of aliphatic hydroxyl groups is 2. The van der Waals surface area contributed by atoms with Gasteiger partial charge in [0.05, 0.1) is 29.8 Å². The number of ether oxygens (including phenoxy) is 2. The molecule has 0 saturated heterocycles. The molecular formula is C32H48O6. The molecule has 6 heteroatoms. The van der Waals surface area contributed by atoms with Crippen LogP contribution in [0.3, 0.4) is 0 Å². The first kappa shape index (κ1) is 31.8. The Kier molecular flexibility index (Phi) is 13.8. The van der Waals surface area contributed by atoms with Crippen LogP contribution in [0.5, 0.6) is 0 Å². The van der Waals surface area contributed by atoms with Gasteiger partial charge < -0.3 is 19.7 Å². The van der Waals surface area contributed by atoms with Crippen LogP contribution >= 0.6 is 0 Å². The van der Waals surface area contributed by atoms with Crippen molar-refractivity contribution in [2.45, 2.75) is 95.8 Å². The van der Waals surface area contributed by atoms with Gasteiger partial charge in [-0.3, -0.25) is 0 Å². The normalized spacial score (nSPS) is 17.6. The molecule has 0 atom stereocenters. The van der Waals surface area contributed by atoms with Crippen LogP contribution in [-0.4, -0.2) is 48.6 Å². The molecule has 0 aliphatic heterocycles. The van der Waals surface area contributed by atoms with Gasteiger partial charge in [-0.2, -0.15) is 0 Å². The van der Waals surface area contributed by atoms with Gasteiger partial charge >= 0.3 is 11.9 Å². The third-order valence-corrected chi connectivity index (χ3v) is 8.15. The minimum atomic E-state index is -0.787. The molecular weight excluding hydrogens is 480 g/mol. The maximum atomic E-state index is 12.2. The van der Waals surface area contributed by atoms with E-state index in [1.54, 1.807) is 0 Å². The number of rotatable bonds is 17. The fourth-order valence-corrected chi connectivity index (χ4v) is 5.29. The molecule has 212 valence electrons. The average molecular weight is 529 g/mol. The Balaban J connectivity index is 2.07. The second kappa shape index (κ2) is 16.5. The molecule has 1 saturated carbocycles. The van der Waals surface area contributed by atoms with Gasteiger partial charge in [0, 0.05) is 0 Å². The molecule has 2 N–H and O–H groups in total. The molecule has 0 heterocycles. The summed E-state index contributed by atoms with van der Waals surface area (Å²) < 4.78 is 11.0. The minimum Gasteiger partial charge on any atom is -0.461 e.